The van der Waals surface area contributed by atoms with E-state index in [0.29, 0.717) is 25.6 Å². The highest BCUT2D eigenvalue weighted by atomic mass is 35.5. The standard InChI is InChI=1S/C10H11ClN2O3/c11-3-4-12-6-8-1-2-10(13(14)15)5-9(8)7-16-12/h1-2,5H,3-4,6-7H2. The second-order valence-corrected chi connectivity index (χ2v) is 3.91. The van der Waals surface area contributed by atoms with Gasteiger partial charge in [0.15, 0.2) is 0 Å². The third kappa shape index (κ3) is 2.32. The summed E-state index contributed by atoms with van der Waals surface area (Å²) >= 11 is 5.62. The van der Waals surface area contributed by atoms with E-state index in [0.717, 1.165) is 11.1 Å². The molecule has 0 fully saturated rings. The number of benzene rings is 1. The largest absolute Gasteiger partial charge is 0.294 e. The highest BCUT2D eigenvalue weighted by molar-refractivity contribution is 6.18. The highest BCUT2D eigenvalue weighted by Gasteiger charge is 2.19. The first-order valence-corrected chi connectivity index (χ1v) is 5.44. The number of halogens is 1. The lowest BCUT2D eigenvalue weighted by Gasteiger charge is -2.27. The number of nitrogens with zero attached hydrogens (tertiary/aromatic N) is 2. The van der Waals surface area contributed by atoms with Gasteiger partial charge in [0.05, 0.1) is 11.5 Å². The van der Waals surface area contributed by atoms with E-state index in [1.165, 1.54) is 6.07 Å². The van der Waals surface area contributed by atoms with Crippen LogP contribution in [0.25, 0.3) is 0 Å². The summed E-state index contributed by atoms with van der Waals surface area (Å²) in [6, 6.07) is 4.85. The van der Waals surface area contributed by atoms with Gasteiger partial charge >= 0.3 is 0 Å². The SMILES string of the molecule is O=[N+]([O-])c1ccc2c(c1)CON(CCCl)C2. The lowest BCUT2D eigenvalue weighted by Crippen LogP contribution is -2.30. The van der Waals surface area contributed by atoms with Crippen molar-refractivity contribution in [1.82, 2.24) is 5.06 Å². The van der Waals surface area contributed by atoms with Gasteiger partial charge in [-0.15, -0.1) is 11.6 Å². The zero-order chi connectivity index (χ0) is 11.5. The number of rotatable bonds is 3. The summed E-state index contributed by atoms with van der Waals surface area (Å²) in [5.74, 6) is 0.502. The first kappa shape index (κ1) is 11.3. The van der Waals surface area contributed by atoms with E-state index in [4.69, 9.17) is 16.4 Å². The molecule has 0 N–H and O–H groups in total. The molecule has 0 aromatic heterocycles. The Kier molecular flexibility index (Phi) is 3.38. The fourth-order valence-electron chi connectivity index (χ4n) is 1.65. The predicted octanol–water partition coefficient (Wildman–Crippen LogP) is 2.08. The van der Waals surface area contributed by atoms with Crippen LogP contribution in [0, 0.1) is 10.1 Å². The maximum Gasteiger partial charge on any atom is 0.269 e. The van der Waals surface area contributed by atoms with Crippen LogP contribution in [-0.4, -0.2) is 22.4 Å². The molecule has 5 nitrogen and oxygen atoms in total. The Morgan fingerprint density at radius 2 is 2.31 bits per heavy atom. The Labute approximate surface area is 97.7 Å². The van der Waals surface area contributed by atoms with Gasteiger partial charge in [-0.05, 0) is 11.1 Å². The number of nitro benzene ring substituents is 1. The van der Waals surface area contributed by atoms with Crippen molar-refractivity contribution in [3.8, 4) is 0 Å². The lowest BCUT2D eigenvalue weighted by molar-refractivity contribution is -0.385. The average Bonchev–Trinajstić information content (AvgIpc) is 2.28. The van der Waals surface area contributed by atoms with Crippen LogP contribution in [0.15, 0.2) is 18.2 Å². The molecular formula is C10H11ClN2O3. The van der Waals surface area contributed by atoms with Gasteiger partial charge in [0.1, 0.15) is 0 Å². The molecule has 1 aromatic rings. The van der Waals surface area contributed by atoms with Crippen molar-refractivity contribution in [2.24, 2.45) is 0 Å². The van der Waals surface area contributed by atoms with E-state index in [-0.39, 0.29) is 5.69 Å². The third-order valence-electron chi connectivity index (χ3n) is 2.48. The van der Waals surface area contributed by atoms with E-state index >= 15 is 0 Å². The van der Waals surface area contributed by atoms with Gasteiger partial charge in [-0.25, -0.2) is 0 Å². The van der Waals surface area contributed by atoms with Crippen molar-refractivity contribution in [2.75, 3.05) is 12.4 Å². The Morgan fingerprint density at radius 1 is 1.50 bits per heavy atom. The Balaban J connectivity index is 2.19. The van der Waals surface area contributed by atoms with Crippen LogP contribution in [-0.2, 0) is 18.0 Å². The summed E-state index contributed by atoms with van der Waals surface area (Å²) in [7, 11) is 0. The molecule has 0 atom stereocenters. The first-order valence-electron chi connectivity index (χ1n) is 4.90. The molecule has 1 heterocycles. The number of non-ortho nitro benzene ring substituents is 1. The van der Waals surface area contributed by atoms with Crippen LogP contribution < -0.4 is 0 Å². The fourth-order valence-corrected chi connectivity index (χ4v) is 1.84. The molecule has 0 saturated carbocycles. The molecule has 0 aliphatic carbocycles. The molecule has 0 saturated heterocycles. The topological polar surface area (TPSA) is 55.6 Å². The Morgan fingerprint density at radius 3 is 3.00 bits per heavy atom. The number of hydrogen-bond donors (Lipinski definition) is 0. The molecule has 1 aliphatic heterocycles. The van der Waals surface area contributed by atoms with Crippen LogP contribution in [0.2, 0.25) is 0 Å². The van der Waals surface area contributed by atoms with Crippen molar-refractivity contribution in [1.29, 1.82) is 0 Å². The van der Waals surface area contributed by atoms with Crippen molar-refractivity contribution < 1.29 is 9.76 Å². The summed E-state index contributed by atoms with van der Waals surface area (Å²) in [5.41, 5.74) is 2.04. The zero-order valence-corrected chi connectivity index (χ0v) is 9.31. The van der Waals surface area contributed by atoms with E-state index < -0.39 is 4.92 Å². The predicted molar refractivity (Wildman–Crippen MR) is 59.0 cm³/mol. The molecule has 86 valence electrons. The smallest absolute Gasteiger partial charge is 0.269 e. The van der Waals surface area contributed by atoms with E-state index in [1.54, 1.807) is 17.2 Å². The Bertz CT molecular complexity index is 411. The summed E-state index contributed by atoms with van der Waals surface area (Å²) in [5, 5.41) is 12.4. The lowest BCUT2D eigenvalue weighted by atomic mass is 10.1. The van der Waals surface area contributed by atoms with E-state index in [1.807, 2.05) is 0 Å². The van der Waals surface area contributed by atoms with Crippen LogP contribution in [0.1, 0.15) is 11.1 Å². The highest BCUT2D eigenvalue weighted by Crippen LogP contribution is 2.24. The molecule has 0 amide bonds. The monoisotopic (exact) mass is 242 g/mol. The number of hydroxylamine groups is 2. The number of alkyl halides is 1. The quantitative estimate of drug-likeness (QED) is 0.463. The summed E-state index contributed by atoms with van der Waals surface area (Å²) in [6.07, 6.45) is 0. The van der Waals surface area contributed by atoms with Gasteiger partial charge in [0.2, 0.25) is 0 Å². The molecule has 0 bridgehead atoms. The van der Waals surface area contributed by atoms with Gasteiger partial charge in [0.25, 0.3) is 5.69 Å². The second-order valence-electron chi connectivity index (χ2n) is 3.54. The minimum Gasteiger partial charge on any atom is -0.294 e. The molecular weight excluding hydrogens is 232 g/mol. The molecule has 0 spiro atoms. The summed E-state index contributed by atoms with van der Waals surface area (Å²) in [4.78, 5) is 15.6. The van der Waals surface area contributed by atoms with Gasteiger partial charge < -0.3 is 0 Å². The minimum atomic E-state index is -0.397. The van der Waals surface area contributed by atoms with Crippen LogP contribution in [0.3, 0.4) is 0 Å². The van der Waals surface area contributed by atoms with Crippen LogP contribution in [0.4, 0.5) is 5.69 Å². The maximum absolute atomic E-state index is 10.6. The number of hydrogen-bond acceptors (Lipinski definition) is 4. The van der Waals surface area contributed by atoms with Gasteiger partial charge in [-0.1, -0.05) is 6.07 Å². The van der Waals surface area contributed by atoms with E-state index in [9.17, 15) is 10.1 Å². The molecule has 0 radical (unpaired) electrons. The normalized spacial score (nSPS) is 15.8. The molecule has 1 aliphatic rings. The van der Waals surface area contributed by atoms with Gasteiger partial charge in [-0.3, -0.25) is 15.0 Å². The Hall–Kier alpha value is -1.17. The molecule has 6 heteroatoms. The van der Waals surface area contributed by atoms with Crippen molar-refractivity contribution in [2.45, 2.75) is 13.2 Å². The van der Waals surface area contributed by atoms with E-state index in [2.05, 4.69) is 0 Å². The van der Waals surface area contributed by atoms with Crippen molar-refractivity contribution >= 4 is 17.3 Å². The summed E-state index contributed by atoms with van der Waals surface area (Å²) in [6.45, 7) is 1.64. The molecule has 16 heavy (non-hydrogen) atoms. The fraction of sp³-hybridized carbons (Fsp3) is 0.400. The third-order valence-corrected chi connectivity index (χ3v) is 2.65. The zero-order valence-electron chi connectivity index (χ0n) is 8.56. The number of nitro groups is 1. The first-order chi connectivity index (χ1) is 7.70. The summed E-state index contributed by atoms with van der Waals surface area (Å²) < 4.78 is 0. The van der Waals surface area contributed by atoms with Crippen molar-refractivity contribution in [3.05, 3.63) is 39.4 Å². The van der Waals surface area contributed by atoms with Crippen molar-refractivity contribution in [3.63, 3.8) is 0 Å². The van der Waals surface area contributed by atoms with Gasteiger partial charge in [0, 0.05) is 31.1 Å². The number of fused-ring (bicyclic) bond motifs is 1. The average molecular weight is 243 g/mol. The molecule has 0 unspecified atom stereocenters. The van der Waals surface area contributed by atoms with Gasteiger partial charge in [-0.2, -0.15) is 5.06 Å². The van der Waals surface area contributed by atoms with Crippen LogP contribution in [0.5, 0.6) is 0 Å². The second kappa shape index (κ2) is 4.78. The van der Waals surface area contributed by atoms with Crippen LogP contribution >= 0.6 is 11.6 Å². The minimum absolute atomic E-state index is 0.105. The molecule has 2 rings (SSSR count). The molecule has 1 aromatic carbocycles. The maximum atomic E-state index is 10.6.